The third kappa shape index (κ3) is 13.7. The van der Waals surface area contributed by atoms with E-state index in [-0.39, 0.29) is 0 Å². The molecule has 0 amide bonds. The molecule has 20 aromatic carbocycles. The van der Waals surface area contributed by atoms with E-state index >= 15 is 0 Å². The maximum atomic E-state index is 5.20. The van der Waals surface area contributed by atoms with Gasteiger partial charge in [-0.25, -0.2) is 0 Å². The van der Waals surface area contributed by atoms with Crippen molar-refractivity contribution < 1.29 is 0 Å². The van der Waals surface area contributed by atoms with E-state index < -0.39 is 0 Å². The third-order valence-corrected chi connectivity index (χ3v) is 26.1. The van der Waals surface area contributed by atoms with E-state index in [2.05, 4.69) is 514 Å². The summed E-state index contributed by atoms with van der Waals surface area (Å²) in [7, 11) is 0. The van der Waals surface area contributed by atoms with Crippen LogP contribution in [0.1, 0.15) is 0 Å². The quantitative estimate of drug-likeness (QED) is 0.0807. The average molecular weight is 1670 g/mol. The molecular formula is C120H80N8S. The van der Waals surface area contributed by atoms with Crippen molar-refractivity contribution in [2.24, 2.45) is 0 Å². The van der Waals surface area contributed by atoms with Crippen LogP contribution in [0.3, 0.4) is 0 Å². The Morgan fingerprint density at radius 1 is 0.163 bits per heavy atom. The van der Waals surface area contributed by atoms with Crippen LogP contribution in [0.25, 0.3) is 171 Å². The Balaban J connectivity index is 0.569. The highest BCUT2D eigenvalue weighted by Gasteiger charge is 2.25. The summed E-state index contributed by atoms with van der Waals surface area (Å²) < 4.78 is 17.5. The second-order valence-electron chi connectivity index (χ2n) is 33.0. The Morgan fingerprint density at radius 3 is 0.783 bits per heavy atom. The van der Waals surface area contributed by atoms with Crippen molar-refractivity contribution in [2.75, 3.05) is 14.7 Å². The van der Waals surface area contributed by atoms with E-state index in [9.17, 15) is 0 Å². The lowest BCUT2D eigenvalue weighted by Crippen LogP contribution is -2.11. The summed E-state index contributed by atoms with van der Waals surface area (Å²) in [6.07, 6.45) is 0. The largest absolute Gasteiger partial charge is 0.311 e. The number of anilines is 9. The predicted molar refractivity (Wildman–Crippen MR) is 543 cm³/mol. The van der Waals surface area contributed by atoms with Gasteiger partial charge in [0.2, 0.25) is 0 Å². The minimum absolute atomic E-state index is 0.815. The van der Waals surface area contributed by atoms with Gasteiger partial charge in [0.1, 0.15) is 11.0 Å². The first-order valence-electron chi connectivity index (χ1n) is 43.8. The maximum Gasteiger partial charge on any atom is 0.129 e. The van der Waals surface area contributed by atoms with Crippen LogP contribution in [-0.2, 0) is 0 Å². The molecule has 0 aliphatic rings. The molecule has 4 aromatic heterocycles. The third-order valence-electron chi connectivity index (χ3n) is 25.6. The van der Waals surface area contributed by atoms with Gasteiger partial charge in [-0.1, -0.05) is 291 Å². The summed E-state index contributed by atoms with van der Waals surface area (Å²) in [5.74, 6) is 0. The maximum absolute atomic E-state index is 5.20. The minimum atomic E-state index is 0.815. The molecule has 9 heteroatoms. The standard InChI is InChI=1S/C120H80N8S/c1-5-23-94(24-6-1)123(95-25-7-2-8-26-95)98-62-48-85(49-63-98)86-50-64-99(65-51-86)125(100-66-56-89(57-67-100)91-22-21-31-104(78-91)124(96-27-9-3-10-28-96)97-29-11-4-12-30-97)118-77-74-105(119-120(118)122-129-121-119)90-58-72-103(73-59-90)128-116-75-60-92(87-44-40-81(41-45-87)83-52-68-101(69-53-83)126-112-36-17-13-32-106(112)107-33-14-18-37-113(107)126)79-110(116)111-80-93(61-76-117(111)128)88-46-42-82(43-47-88)84-54-70-102(71-55-84)127-114-38-19-15-34-108(114)109-35-16-20-39-115(109)127/h1-80H. The number of hydrogen-bond acceptors (Lipinski definition) is 6. The van der Waals surface area contributed by atoms with Crippen molar-refractivity contribution in [2.45, 2.75) is 0 Å². The number of para-hydroxylation sites is 8. The van der Waals surface area contributed by atoms with E-state index in [0.29, 0.717) is 0 Å². The van der Waals surface area contributed by atoms with Crippen LogP contribution in [-0.4, -0.2) is 22.4 Å². The number of nitrogens with zero attached hydrogens (tertiary/aromatic N) is 8. The molecule has 606 valence electrons. The SMILES string of the molecule is c1ccc(N(c2ccccc2)c2ccc(-c3ccc(N(c4ccc(-c5cccc(N(c6ccccc6)c6ccccc6)c5)cc4)c4ccc(-c5ccc(-n6c7ccc(-c8ccc(-c9ccc(-n%10c%11ccccc%11c%11ccccc%11%10)cc9)cc8)cc7c7cc(-c8ccc(-c9ccc(-n%10c%11ccccc%11c%11ccccc%11%10)cc9)cc8)ccc76)cc5)c5nsnc45)cc3)cc2)cc1. The Hall–Kier alpha value is -17.0. The van der Waals surface area contributed by atoms with E-state index in [4.69, 9.17) is 8.75 Å². The molecule has 0 aliphatic heterocycles. The Labute approximate surface area is 751 Å². The van der Waals surface area contributed by atoms with Crippen LogP contribution in [0.2, 0.25) is 0 Å². The summed E-state index contributed by atoms with van der Waals surface area (Å²) in [4.78, 5) is 6.94. The van der Waals surface area contributed by atoms with Crippen molar-refractivity contribution in [3.63, 3.8) is 0 Å². The molecule has 0 saturated heterocycles. The number of aromatic nitrogens is 5. The van der Waals surface area contributed by atoms with Crippen molar-refractivity contribution >= 4 is 139 Å². The molecule has 24 aromatic rings. The minimum Gasteiger partial charge on any atom is -0.311 e. The Kier molecular flexibility index (Phi) is 19.0. The summed E-state index contributed by atoms with van der Waals surface area (Å²) in [5.41, 5.74) is 37.2. The predicted octanol–water partition coefficient (Wildman–Crippen LogP) is 33.1. The summed E-state index contributed by atoms with van der Waals surface area (Å²) in [5, 5.41) is 7.37. The van der Waals surface area contributed by atoms with Crippen LogP contribution in [0, 0.1) is 0 Å². The van der Waals surface area contributed by atoms with Gasteiger partial charge >= 0.3 is 0 Å². The van der Waals surface area contributed by atoms with E-state index in [1.54, 1.807) is 0 Å². The lowest BCUT2D eigenvalue weighted by atomic mass is 9.97. The Bertz CT molecular complexity index is 7830. The summed E-state index contributed by atoms with van der Waals surface area (Å²) in [6, 6.07) is 176. The van der Waals surface area contributed by atoms with Crippen LogP contribution >= 0.6 is 11.7 Å². The zero-order valence-corrected chi connectivity index (χ0v) is 71.0. The van der Waals surface area contributed by atoms with Gasteiger partial charge in [0, 0.05) is 100 Å². The van der Waals surface area contributed by atoms with Gasteiger partial charge in [-0.15, -0.1) is 0 Å². The molecule has 0 fully saturated rings. The van der Waals surface area contributed by atoms with Crippen molar-refractivity contribution in [1.82, 2.24) is 22.4 Å². The Morgan fingerprint density at radius 2 is 0.419 bits per heavy atom. The van der Waals surface area contributed by atoms with Gasteiger partial charge < -0.3 is 28.4 Å². The molecular weight excluding hydrogens is 1590 g/mol. The highest BCUT2D eigenvalue weighted by atomic mass is 32.1. The number of benzene rings is 20. The molecule has 0 radical (unpaired) electrons. The normalized spacial score (nSPS) is 11.6. The number of hydrogen-bond donors (Lipinski definition) is 0. The van der Waals surface area contributed by atoms with Crippen molar-refractivity contribution in [3.05, 3.63) is 485 Å². The first-order chi connectivity index (χ1) is 64.0. The fourth-order valence-electron chi connectivity index (χ4n) is 19.3. The van der Waals surface area contributed by atoms with Crippen molar-refractivity contribution in [3.8, 4) is 95.0 Å². The van der Waals surface area contributed by atoms with Crippen LogP contribution in [0.15, 0.2) is 485 Å². The second kappa shape index (κ2) is 32.3. The highest BCUT2D eigenvalue weighted by Crippen LogP contribution is 2.47. The van der Waals surface area contributed by atoms with Gasteiger partial charge in [-0.05, 0) is 266 Å². The van der Waals surface area contributed by atoms with Gasteiger partial charge in [-0.2, -0.15) is 8.75 Å². The highest BCUT2D eigenvalue weighted by molar-refractivity contribution is 7.00. The smallest absolute Gasteiger partial charge is 0.129 e. The van der Waals surface area contributed by atoms with Gasteiger partial charge in [0.15, 0.2) is 0 Å². The molecule has 4 heterocycles. The fourth-order valence-corrected chi connectivity index (χ4v) is 19.9. The molecule has 8 nitrogen and oxygen atoms in total. The summed E-state index contributed by atoms with van der Waals surface area (Å²) in [6.45, 7) is 0. The molecule has 0 atom stereocenters. The van der Waals surface area contributed by atoms with Crippen LogP contribution in [0.4, 0.5) is 51.2 Å². The van der Waals surface area contributed by atoms with Crippen molar-refractivity contribution in [1.29, 1.82) is 0 Å². The van der Waals surface area contributed by atoms with Gasteiger partial charge in [-0.3, -0.25) is 0 Å². The van der Waals surface area contributed by atoms with E-state index in [1.807, 2.05) is 0 Å². The first-order valence-corrected chi connectivity index (χ1v) is 44.5. The molecule has 0 saturated carbocycles. The molecule has 0 bridgehead atoms. The second-order valence-corrected chi connectivity index (χ2v) is 33.5. The van der Waals surface area contributed by atoms with Crippen LogP contribution in [0.5, 0.6) is 0 Å². The number of rotatable bonds is 19. The van der Waals surface area contributed by atoms with Gasteiger partial charge in [0.25, 0.3) is 0 Å². The number of fused-ring (bicyclic) bond motifs is 10. The first kappa shape index (κ1) is 75.7. The summed E-state index contributed by atoms with van der Waals surface area (Å²) >= 11 is 1.25. The van der Waals surface area contributed by atoms with Crippen LogP contribution < -0.4 is 14.7 Å². The van der Waals surface area contributed by atoms with Gasteiger partial charge in [0.05, 0.1) is 50.5 Å². The molecule has 0 spiro atoms. The molecule has 129 heavy (non-hydrogen) atoms. The van der Waals surface area contributed by atoms with E-state index in [0.717, 1.165) is 157 Å². The average Bonchev–Trinajstić information content (AvgIpc) is 1.51. The zero-order chi connectivity index (χ0) is 85.2. The topological polar surface area (TPSA) is 50.3 Å². The molecule has 0 aliphatic carbocycles. The fraction of sp³-hybridized carbons (Fsp3) is 0. The monoisotopic (exact) mass is 1660 g/mol. The lowest BCUT2D eigenvalue weighted by molar-refractivity contribution is 1.18. The molecule has 0 N–H and O–H groups in total. The zero-order valence-electron chi connectivity index (χ0n) is 70.2. The molecule has 24 rings (SSSR count). The molecule has 0 unspecified atom stereocenters. The lowest BCUT2D eigenvalue weighted by Gasteiger charge is -2.27. The van der Waals surface area contributed by atoms with E-state index in [1.165, 1.54) is 77.2 Å².